The van der Waals surface area contributed by atoms with Crippen LogP contribution < -0.4 is 0 Å². The van der Waals surface area contributed by atoms with E-state index in [1.165, 1.54) is 25.7 Å². The zero-order chi connectivity index (χ0) is 12.7. The van der Waals surface area contributed by atoms with Crippen LogP contribution in [-0.2, 0) is 0 Å². The Hall–Kier alpha value is 0. The van der Waals surface area contributed by atoms with Gasteiger partial charge in [-0.2, -0.15) is 0 Å². The van der Waals surface area contributed by atoms with Crippen molar-refractivity contribution in [1.29, 1.82) is 0 Å². The van der Waals surface area contributed by atoms with Crippen LogP contribution in [0.2, 0.25) is 0 Å². The minimum absolute atomic E-state index is 0.857. The summed E-state index contributed by atoms with van der Waals surface area (Å²) in [5.41, 5.74) is 0. The lowest BCUT2D eigenvalue weighted by atomic mass is 9.84. The van der Waals surface area contributed by atoms with Crippen LogP contribution >= 0.6 is 0 Å². The van der Waals surface area contributed by atoms with E-state index < -0.39 is 0 Å². The first kappa shape index (κ1) is 16.0. The normalized spacial score (nSPS) is 16.1. The van der Waals surface area contributed by atoms with E-state index in [9.17, 15) is 0 Å². The highest BCUT2D eigenvalue weighted by molar-refractivity contribution is 4.65. The Morgan fingerprint density at radius 2 is 0.688 bits per heavy atom. The molecule has 0 rings (SSSR count). The summed E-state index contributed by atoms with van der Waals surface area (Å²) in [4.78, 5) is 0. The molecule has 0 radical (unpaired) electrons. The van der Waals surface area contributed by atoms with E-state index >= 15 is 0 Å². The average Bonchev–Trinajstić information content (AvgIpc) is 1.97. The van der Waals surface area contributed by atoms with E-state index in [1.54, 1.807) is 0 Å². The molecule has 0 heteroatoms. The SMILES string of the molecule is CC(C)C[C@H](C)CC(C)C[C@@H](C)CC(C)C. The first-order valence-electron chi connectivity index (χ1n) is 7.31. The first-order chi connectivity index (χ1) is 7.31. The highest BCUT2D eigenvalue weighted by Gasteiger charge is 2.14. The Kier molecular flexibility index (Phi) is 8.14. The van der Waals surface area contributed by atoms with Crippen molar-refractivity contribution in [3.63, 3.8) is 0 Å². The van der Waals surface area contributed by atoms with Gasteiger partial charge < -0.3 is 0 Å². The predicted molar refractivity (Wildman–Crippen MR) is 75.6 cm³/mol. The molecule has 0 saturated heterocycles. The van der Waals surface area contributed by atoms with Crippen molar-refractivity contribution in [1.82, 2.24) is 0 Å². The van der Waals surface area contributed by atoms with E-state index in [0.29, 0.717) is 0 Å². The van der Waals surface area contributed by atoms with Gasteiger partial charge in [0.15, 0.2) is 0 Å². The number of hydrogen-bond acceptors (Lipinski definition) is 0. The Morgan fingerprint density at radius 1 is 0.438 bits per heavy atom. The number of rotatable bonds is 8. The summed E-state index contributed by atoms with van der Waals surface area (Å²) < 4.78 is 0. The van der Waals surface area contributed by atoms with Crippen LogP contribution in [0.15, 0.2) is 0 Å². The summed E-state index contributed by atoms with van der Waals surface area (Å²) in [6.07, 6.45) is 5.62. The van der Waals surface area contributed by atoms with Crippen LogP contribution in [-0.4, -0.2) is 0 Å². The maximum atomic E-state index is 2.44. The fraction of sp³-hybridized carbons (Fsp3) is 1.00. The van der Waals surface area contributed by atoms with Crippen molar-refractivity contribution < 1.29 is 0 Å². The van der Waals surface area contributed by atoms with Crippen LogP contribution in [0.4, 0.5) is 0 Å². The van der Waals surface area contributed by atoms with Gasteiger partial charge in [-0.3, -0.25) is 0 Å². The molecule has 16 heavy (non-hydrogen) atoms. The molecule has 0 aliphatic rings. The van der Waals surface area contributed by atoms with E-state index in [-0.39, 0.29) is 0 Å². The molecular formula is C16H34. The van der Waals surface area contributed by atoms with Crippen molar-refractivity contribution in [3.8, 4) is 0 Å². The second-order valence-electron chi connectivity index (χ2n) is 7.05. The fourth-order valence-corrected chi connectivity index (χ4v) is 3.27. The molecule has 0 aliphatic heterocycles. The summed E-state index contributed by atoms with van der Waals surface area (Å²) in [7, 11) is 0. The Balaban J connectivity index is 3.75. The van der Waals surface area contributed by atoms with Crippen LogP contribution in [0.5, 0.6) is 0 Å². The number of hydrogen-bond donors (Lipinski definition) is 0. The quantitative estimate of drug-likeness (QED) is 0.493. The van der Waals surface area contributed by atoms with Gasteiger partial charge in [0.25, 0.3) is 0 Å². The zero-order valence-electron chi connectivity index (χ0n) is 12.7. The van der Waals surface area contributed by atoms with Crippen molar-refractivity contribution in [2.24, 2.45) is 29.6 Å². The van der Waals surface area contributed by atoms with Gasteiger partial charge in [0.1, 0.15) is 0 Å². The molecule has 0 fully saturated rings. The van der Waals surface area contributed by atoms with Crippen LogP contribution in [0.1, 0.15) is 74.1 Å². The molecule has 98 valence electrons. The van der Waals surface area contributed by atoms with E-state index in [0.717, 1.165) is 29.6 Å². The van der Waals surface area contributed by atoms with Crippen LogP contribution in [0, 0.1) is 29.6 Å². The summed E-state index contributed by atoms with van der Waals surface area (Å²) in [6.45, 7) is 16.6. The molecule has 0 amide bonds. The lowest BCUT2D eigenvalue weighted by Crippen LogP contribution is -2.10. The van der Waals surface area contributed by atoms with E-state index in [4.69, 9.17) is 0 Å². The maximum Gasteiger partial charge on any atom is -0.0438 e. The smallest absolute Gasteiger partial charge is 0.0438 e. The molecule has 0 bridgehead atoms. The largest absolute Gasteiger partial charge is 0.0628 e. The van der Waals surface area contributed by atoms with Crippen molar-refractivity contribution in [2.45, 2.75) is 74.1 Å². The van der Waals surface area contributed by atoms with Gasteiger partial charge in [-0.25, -0.2) is 0 Å². The molecule has 0 unspecified atom stereocenters. The molecule has 0 spiro atoms. The highest BCUT2D eigenvalue weighted by Crippen LogP contribution is 2.26. The third-order valence-corrected chi connectivity index (χ3v) is 3.36. The lowest BCUT2D eigenvalue weighted by Gasteiger charge is -2.22. The van der Waals surface area contributed by atoms with Gasteiger partial charge >= 0.3 is 0 Å². The molecule has 0 saturated carbocycles. The third kappa shape index (κ3) is 9.24. The van der Waals surface area contributed by atoms with Gasteiger partial charge in [-0.05, 0) is 55.3 Å². The molecule has 0 aromatic heterocycles. The van der Waals surface area contributed by atoms with Gasteiger partial charge in [0.2, 0.25) is 0 Å². The molecule has 0 nitrogen and oxygen atoms in total. The fourth-order valence-electron chi connectivity index (χ4n) is 3.27. The molecule has 0 aromatic carbocycles. The highest BCUT2D eigenvalue weighted by atomic mass is 14.2. The second kappa shape index (κ2) is 8.14. The van der Waals surface area contributed by atoms with Gasteiger partial charge in [0, 0.05) is 0 Å². The summed E-state index contributed by atoms with van der Waals surface area (Å²) >= 11 is 0. The minimum Gasteiger partial charge on any atom is -0.0628 e. The van der Waals surface area contributed by atoms with E-state index in [2.05, 4.69) is 48.5 Å². The van der Waals surface area contributed by atoms with Gasteiger partial charge in [-0.15, -0.1) is 0 Å². The second-order valence-corrected chi connectivity index (χ2v) is 7.05. The Labute approximate surface area is 104 Å². The van der Waals surface area contributed by atoms with E-state index in [1.807, 2.05) is 0 Å². The molecule has 2 atom stereocenters. The summed E-state index contributed by atoms with van der Waals surface area (Å²) in [6, 6.07) is 0. The van der Waals surface area contributed by atoms with Crippen molar-refractivity contribution in [3.05, 3.63) is 0 Å². The molecule has 0 aromatic rings. The monoisotopic (exact) mass is 226 g/mol. The average molecular weight is 226 g/mol. The molecule has 0 N–H and O–H groups in total. The molecule has 0 heterocycles. The first-order valence-corrected chi connectivity index (χ1v) is 7.31. The topological polar surface area (TPSA) is 0 Å². The maximum absolute atomic E-state index is 2.44. The predicted octanol–water partition coefficient (Wildman–Crippen LogP) is 5.77. The van der Waals surface area contributed by atoms with Crippen LogP contribution in [0.3, 0.4) is 0 Å². The Morgan fingerprint density at radius 3 is 0.938 bits per heavy atom. The Bertz CT molecular complexity index is 139. The molecular weight excluding hydrogens is 192 g/mol. The molecule has 0 aliphatic carbocycles. The standard InChI is InChI=1S/C16H34/c1-12(2)8-14(5)10-16(7)11-15(6)9-13(3)4/h12-16H,8-11H2,1-7H3/t14-,15-/m0/s1. The van der Waals surface area contributed by atoms with Crippen molar-refractivity contribution in [2.75, 3.05) is 0 Å². The van der Waals surface area contributed by atoms with Gasteiger partial charge in [0.05, 0.1) is 0 Å². The summed E-state index contributed by atoms with van der Waals surface area (Å²) in [5, 5.41) is 0. The minimum atomic E-state index is 0.857. The van der Waals surface area contributed by atoms with Crippen LogP contribution in [0.25, 0.3) is 0 Å². The summed E-state index contributed by atoms with van der Waals surface area (Å²) in [5.74, 6) is 4.43. The lowest BCUT2D eigenvalue weighted by molar-refractivity contribution is 0.294. The zero-order valence-corrected chi connectivity index (χ0v) is 12.7. The third-order valence-electron chi connectivity index (χ3n) is 3.36. The van der Waals surface area contributed by atoms with Gasteiger partial charge in [-0.1, -0.05) is 48.5 Å². The van der Waals surface area contributed by atoms with Crippen molar-refractivity contribution >= 4 is 0 Å².